The van der Waals surface area contributed by atoms with Crippen LogP contribution in [0.4, 0.5) is 0 Å². The van der Waals surface area contributed by atoms with E-state index < -0.39 is 0 Å². The molecule has 2 aromatic rings. The van der Waals surface area contributed by atoms with Crippen LogP contribution in [0, 0.1) is 13.8 Å². The standard InChI is InChI=1S/C14H15NO/c1-10-8-14(11(2)15-9-10)12-4-6-13(16-3)7-5-12/h4-9H,1-3H3. The first-order valence-electron chi connectivity index (χ1n) is 5.28. The van der Waals surface area contributed by atoms with Gasteiger partial charge < -0.3 is 4.74 Å². The van der Waals surface area contributed by atoms with E-state index in [0.717, 1.165) is 11.4 Å². The molecule has 1 heterocycles. The number of hydrogen-bond acceptors (Lipinski definition) is 2. The van der Waals surface area contributed by atoms with Crippen LogP contribution in [0.2, 0.25) is 0 Å². The minimum Gasteiger partial charge on any atom is -0.497 e. The van der Waals surface area contributed by atoms with Gasteiger partial charge in [0.15, 0.2) is 0 Å². The molecule has 1 aromatic carbocycles. The van der Waals surface area contributed by atoms with Gasteiger partial charge in [-0.25, -0.2) is 0 Å². The van der Waals surface area contributed by atoms with Crippen molar-refractivity contribution in [3.63, 3.8) is 0 Å². The average molecular weight is 213 g/mol. The number of rotatable bonds is 2. The summed E-state index contributed by atoms with van der Waals surface area (Å²) in [7, 11) is 1.68. The van der Waals surface area contributed by atoms with Crippen LogP contribution < -0.4 is 4.74 Å². The highest BCUT2D eigenvalue weighted by atomic mass is 16.5. The Morgan fingerprint density at radius 3 is 2.38 bits per heavy atom. The third-order valence-electron chi connectivity index (χ3n) is 2.62. The fourth-order valence-electron chi connectivity index (χ4n) is 1.70. The first-order valence-corrected chi connectivity index (χ1v) is 5.28. The highest BCUT2D eigenvalue weighted by molar-refractivity contribution is 5.66. The molecular weight excluding hydrogens is 198 g/mol. The Bertz CT molecular complexity index is 489. The molecular formula is C14H15NO. The lowest BCUT2D eigenvalue weighted by Gasteiger charge is -2.07. The van der Waals surface area contributed by atoms with Crippen molar-refractivity contribution in [1.29, 1.82) is 0 Å². The van der Waals surface area contributed by atoms with Gasteiger partial charge in [0.25, 0.3) is 0 Å². The van der Waals surface area contributed by atoms with E-state index in [0.29, 0.717) is 0 Å². The molecule has 0 aliphatic carbocycles. The minimum atomic E-state index is 0.877. The van der Waals surface area contributed by atoms with Gasteiger partial charge in [-0.1, -0.05) is 12.1 Å². The maximum Gasteiger partial charge on any atom is 0.118 e. The zero-order valence-electron chi connectivity index (χ0n) is 9.82. The average Bonchev–Trinajstić information content (AvgIpc) is 2.32. The smallest absolute Gasteiger partial charge is 0.118 e. The first kappa shape index (κ1) is 10.7. The van der Waals surface area contributed by atoms with E-state index >= 15 is 0 Å². The van der Waals surface area contributed by atoms with Crippen LogP contribution in [0.25, 0.3) is 11.1 Å². The number of pyridine rings is 1. The number of hydrogen-bond donors (Lipinski definition) is 0. The summed E-state index contributed by atoms with van der Waals surface area (Å²) in [5.41, 5.74) is 4.59. The van der Waals surface area contributed by atoms with E-state index in [1.165, 1.54) is 16.7 Å². The number of methoxy groups -OCH3 is 1. The van der Waals surface area contributed by atoms with E-state index in [-0.39, 0.29) is 0 Å². The van der Waals surface area contributed by atoms with Gasteiger partial charge in [0.1, 0.15) is 5.75 Å². The molecule has 0 unspecified atom stereocenters. The second-order valence-corrected chi connectivity index (χ2v) is 3.87. The van der Waals surface area contributed by atoms with Gasteiger partial charge in [-0.15, -0.1) is 0 Å². The van der Waals surface area contributed by atoms with Crippen LogP contribution in [0.1, 0.15) is 11.3 Å². The molecule has 0 radical (unpaired) electrons. The lowest BCUT2D eigenvalue weighted by molar-refractivity contribution is 0.415. The second kappa shape index (κ2) is 4.35. The van der Waals surface area contributed by atoms with Crippen LogP contribution >= 0.6 is 0 Å². The van der Waals surface area contributed by atoms with E-state index in [9.17, 15) is 0 Å². The van der Waals surface area contributed by atoms with Gasteiger partial charge >= 0.3 is 0 Å². The summed E-state index contributed by atoms with van der Waals surface area (Å²) in [6, 6.07) is 10.2. The van der Waals surface area contributed by atoms with Gasteiger partial charge in [-0.2, -0.15) is 0 Å². The summed E-state index contributed by atoms with van der Waals surface area (Å²) < 4.78 is 5.14. The Labute approximate surface area is 95.9 Å². The number of ether oxygens (including phenoxy) is 1. The molecule has 0 amide bonds. The van der Waals surface area contributed by atoms with Gasteiger partial charge in [-0.05, 0) is 43.2 Å². The molecule has 82 valence electrons. The Kier molecular flexibility index (Phi) is 2.91. The molecule has 0 bridgehead atoms. The molecule has 2 rings (SSSR count). The summed E-state index contributed by atoms with van der Waals surface area (Å²) in [5.74, 6) is 0.877. The lowest BCUT2D eigenvalue weighted by atomic mass is 10.0. The Morgan fingerprint density at radius 1 is 1.06 bits per heavy atom. The zero-order valence-corrected chi connectivity index (χ0v) is 9.82. The zero-order chi connectivity index (χ0) is 11.5. The quantitative estimate of drug-likeness (QED) is 0.763. The lowest BCUT2D eigenvalue weighted by Crippen LogP contribution is -1.89. The van der Waals surface area contributed by atoms with E-state index in [4.69, 9.17) is 4.74 Å². The third kappa shape index (κ3) is 2.06. The molecule has 0 saturated carbocycles. The summed E-state index contributed by atoms with van der Waals surface area (Å²) in [5, 5.41) is 0. The molecule has 0 spiro atoms. The maximum atomic E-state index is 5.14. The van der Waals surface area contributed by atoms with Crippen LogP contribution in [-0.4, -0.2) is 12.1 Å². The fraction of sp³-hybridized carbons (Fsp3) is 0.214. The highest BCUT2D eigenvalue weighted by Crippen LogP contribution is 2.24. The Balaban J connectivity index is 2.45. The third-order valence-corrected chi connectivity index (χ3v) is 2.62. The number of aryl methyl sites for hydroxylation is 2. The topological polar surface area (TPSA) is 22.1 Å². The van der Waals surface area contributed by atoms with Crippen LogP contribution in [-0.2, 0) is 0 Å². The van der Waals surface area contributed by atoms with Crippen molar-refractivity contribution < 1.29 is 4.74 Å². The van der Waals surface area contributed by atoms with Gasteiger partial charge in [0.05, 0.1) is 7.11 Å². The van der Waals surface area contributed by atoms with Crippen molar-refractivity contribution in [2.75, 3.05) is 7.11 Å². The van der Waals surface area contributed by atoms with Crippen LogP contribution in [0.3, 0.4) is 0 Å². The molecule has 2 nitrogen and oxygen atoms in total. The molecule has 0 N–H and O–H groups in total. The molecule has 1 aromatic heterocycles. The second-order valence-electron chi connectivity index (χ2n) is 3.87. The SMILES string of the molecule is COc1ccc(-c2cc(C)cnc2C)cc1. The van der Waals surface area contributed by atoms with Gasteiger partial charge in [-0.3, -0.25) is 4.98 Å². The largest absolute Gasteiger partial charge is 0.497 e. The molecule has 0 aliphatic heterocycles. The highest BCUT2D eigenvalue weighted by Gasteiger charge is 2.03. The molecule has 16 heavy (non-hydrogen) atoms. The van der Waals surface area contributed by atoms with Crippen molar-refractivity contribution in [3.8, 4) is 16.9 Å². The predicted molar refractivity (Wildman–Crippen MR) is 65.7 cm³/mol. The monoisotopic (exact) mass is 213 g/mol. The van der Waals surface area contributed by atoms with E-state index in [1.54, 1.807) is 7.11 Å². The number of aromatic nitrogens is 1. The fourth-order valence-corrected chi connectivity index (χ4v) is 1.70. The van der Waals surface area contributed by atoms with E-state index in [1.807, 2.05) is 25.3 Å². The maximum absolute atomic E-state index is 5.14. The normalized spacial score (nSPS) is 10.2. The molecule has 0 fully saturated rings. The van der Waals surface area contributed by atoms with Gasteiger partial charge in [0, 0.05) is 17.5 Å². The summed E-state index contributed by atoms with van der Waals surface area (Å²) in [6.07, 6.45) is 1.89. The van der Waals surface area contributed by atoms with Crippen LogP contribution in [0.5, 0.6) is 5.75 Å². The summed E-state index contributed by atoms with van der Waals surface area (Å²) >= 11 is 0. The Morgan fingerprint density at radius 2 is 1.75 bits per heavy atom. The molecule has 0 saturated heterocycles. The number of nitrogens with zero attached hydrogens (tertiary/aromatic N) is 1. The summed E-state index contributed by atoms with van der Waals surface area (Å²) in [6.45, 7) is 4.08. The molecule has 2 heteroatoms. The van der Waals surface area contributed by atoms with Crippen molar-refractivity contribution in [2.24, 2.45) is 0 Å². The Hall–Kier alpha value is -1.83. The van der Waals surface area contributed by atoms with Crippen molar-refractivity contribution in [2.45, 2.75) is 13.8 Å². The van der Waals surface area contributed by atoms with Gasteiger partial charge in [0.2, 0.25) is 0 Å². The van der Waals surface area contributed by atoms with Crippen molar-refractivity contribution in [3.05, 3.63) is 47.8 Å². The summed E-state index contributed by atoms with van der Waals surface area (Å²) in [4.78, 5) is 4.37. The molecule has 0 atom stereocenters. The number of benzene rings is 1. The first-order chi connectivity index (χ1) is 7.70. The van der Waals surface area contributed by atoms with Crippen molar-refractivity contribution in [1.82, 2.24) is 4.98 Å². The van der Waals surface area contributed by atoms with Crippen molar-refractivity contribution >= 4 is 0 Å². The predicted octanol–water partition coefficient (Wildman–Crippen LogP) is 3.37. The van der Waals surface area contributed by atoms with E-state index in [2.05, 4.69) is 30.1 Å². The molecule has 0 aliphatic rings. The van der Waals surface area contributed by atoms with Crippen LogP contribution in [0.15, 0.2) is 36.5 Å². The minimum absolute atomic E-state index is 0.877.